The topological polar surface area (TPSA) is 179 Å². The third-order valence-corrected chi connectivity index (χ3v) is 21.5. The van der Waals surface area contributed by atoms with Crippen molar-refractivity contribution in [1.29, 1.82) is 0 Å². The molecule has 4 aliphatic rings. The van der Waals surface area contributed by atoms with Crippen molar-refractivity contribution < 1.29 is 99.2 Å². The number of benzene rings is 2. The SMILES string of the molecule is C.C=C(OS(=O)(=O)C(F)(F)F)[C@H](C)C[C@H]1CC[C@@H]2O[C@@H](CCCOC(=O)C(C)(C)C)C[C@]2(CO)O1.CC(=O)[C@H](C)C[C@H]1CC[C@@H]2O[C@@H](CCCOC(=O)C(C)(C)C)C[C@]2(CO[Si](c2ccccc2)(c2ccccc2)C(C)(C)C)O1.[W]. The molecule has 0 saturated carbocycles. The van der Waals surface area contributed by atoms with Crippen molar-refractivity contribution in [3.8, 4) is 0 Å². The van der Waals surface area contributed by atoms with Gasteiger partial charge in [0.25, 0.3) is 8.32 Å². The smallest absolute Gasteiger partial charge is 0.465 e. The van der Waals surface area contributed by atoms with E-state index >= 15 is 0 Å². The number of halogens is 3. The van der Waals surface area contributed by atoms with Crippen LogP contribution < -0.4 is 10.4 Å². The van der Waals surface area contributed by atoms with Gasteiger partial charge in [-0.3, -0.25) is 14.4 Å². The van der Waals surface area contributed by atoms with E-state index in [1.54, 1.807) is 27.7 Å². The fourth-order valence-electron chi connectivity index (χ4n) is 11.0. The van der Waals surface area contributed by atoms with E-state index in [0.717, 1.165) is 25.7 Å². The van der Waals surface area contributed by atoms with E-state index in [2.05, 4.69) is 92.2 Å². The molecule has 0 aliphatic carbocycles. The van der Waals surface area contributed by atoms with Crippen LogP contribution in [0, 0.1) is 22.7 Å². The van der Waals surface area contributed by atoms with Gasteiger partial charge in [0.15, 0.2) is 0 Å². The first kappa shape index (κ1) is 71.3. The molecule has 4 heterocycles. The minimum absolute atomic E-state index is 0. The van der Waals surface area contributed by atoms with Crippen LogP contribution in [0.3, 0.4) is 0 Å². The molecule has 0 bridgehead atoms. The molecule has 2 aromatic carbocycles. The summed E-state index contributed by atoms with van der Waals surface area (Å²) in [5.41, 5.74) is -8.19. The zero-order valence-corrected chi connectivity index (χ0v) is 53.4. The maximum atomic E-state index is 12.6. The Morgan fingerprint density at radius 3 is 1.51 bits per heavy atom. The maximum absolute atomic E-state index is 12.6. The summed E-state index contributed by atoms with van der Waals surface area (Å²) in [5.74, 6) is -1.58. The van der Waals surface area contributed by atoms with E-state index in [1.807, 2.05) is 27.7 Å². The van der Waals surface area contributed by atoms with E-state index in [-0.39, 0.29) is 107 Å². The number of Topliss-reactive ketones (excluding diaryl/α,β-unsaturated/α-hetero) is 1. The maximum Gasteiger partial charge on any atom is 0.534 e. The van der Waals surface area contributed by atoms with Gasteiger partial charge in [-0.05, 0) is 128 Å². The number of alkyl halides is 3. The molecular weight excluding hydrogens is 1250 g/mol. The van der Waals surface area contributed by atoms with Gasteiger partial charge in [-0.1, -0.05) is 109 Å². The van der Waals surface area contributed by atoms with Crippen LogP contribution in [0.1, 0.15) is 168 Å². The van der Waals surface area contributed by atoms with Gasteiger partial charge >= 0.3 is 27.6 Å². The zero-order chi connectivity index (χ0) is 58.1. The summed E-state index contributed by atoms with van der Waals surface area (Å²) in [6, 6.07) is 21.4. The Hall–Kier alpha value is -3.00. The van der Waals surface area contributed by atoms with Crippen LogP contribution in [0.5, 0.6) is 0 Å². The standard InChI is InChI=1S/C37H54O6Si.C22H35F3O8S.CH4.W/c1-27(28(2)38)24-29-21-22-33-37(43-29,25-30(42-33)16-15-23-40-34(39)35(3,4)5)26-41-44(36(6,7)8,31-17-11-9-12-18-31)32-19-13-10-14-20-32;1-14(15(2)33-34(28,29)22(23,24)25)11-16-8-9-18-21(13-26,32-16)12-17(31-18)7-6-10-30-19(27)20(3,4)5;;/h9-14,17-20,27,29-30,33H,15-16,21-26H2,1-8H3;14,16-18,26H,2,6-13H2,1,3-5H3;1H4;/t27-,29-,30+,33+,37-;14-,16-,17+,18+,21-;;/m11../s1. The molecular formula is C60H93F3O14SSiW. The van der Waals surface area contributed by atoms with E-state index in [4.69, 9.17) is 32.8 Å². The normalized spacial score (nSPS) is 25.9. The van der Waals surface area contributed by atoms with Crippen molar-refractivity contribution in [2.45, 2.75) is 226 Å². The van der Waals surface area contributed by atoms with Crippen molar-refractivity contribution in [2.24, 2.45) is 22.7 Å². The van der Waals surface area contributed by atoms with Crippen molar-refractivity contribution in [3.63, 3.8) is 0 Å². The number of fused-ring (bicyclic) bond motifs is 2. The summed E-state index contributed by atoms with van der Waals surface area (Å²) in [6.07, 6.45) is 6.45. The molecule has 4 aliphatic heterocycles. The first-order chi connectivity index (χ1) is 36.2. The Morgan fingerprint density at radius 1 is 0.700 bits per heavy atom. The Balaban J connectivity index is 0.000000424. The number of esters is 2. The van der Waals surface area contributed by atoms with Crippen LogP contribution in [0.4, 0.5) is 13.2 Å². The molecule has 0 aromatic heterocycles. The first-order valence-corrected chi connectivity index (χ1v) is 31.1. The minimum atomic E-state index is -5.78. The number of carbonyl (C=O) groups excluding carboxylic acids is 3. The number of allylic oxidation sites excluding steroid dienone is 1. The number of carbonyl (C=O) groups is 3. The van der Waals surface area contributed by atoms with Crippen LogP contribution in [0.2, 0.25) is 5.04 Å². The van der Waals surface area contributed by atoms with Crippen LogP contribution in [-0.4, -0.2) is 119 Å². The van der Waals surface area contributed by atoms with Gasteiger partial charge in [0.05, 0.1) is 73.9 Å². The molecule has 4 saturated heterocycles. The number of rotatable bonds is 22. The Bertz CT molecular complexity index is 2370. The van der Waals surface area contributed by atoms with Crippen molar-refractivity contribution in [1.82, 2.24) is 0 Å². The number of ether oxygens (including phenoxy) is 6. The number of hydrogen-bond acceptors (Lipinski definition) is 14. The Kier molecular flexibility index (Phi) is 26.0. The molecule has 10 atom stereocenters. The second-order valence-electron chi connectivity index (χ2n) is 25.2. The third kappa shape index (κ3) is 18.3. The molecule has 454 valence electrons. The third-order valence-electron chi connectivity index (χ3n) is 15.6. The van der Waals surface area contributed by atoms with E-state index in [9.17, 15) is 41.1 Å². The first-order valence-electron chi connectivity index (χ1n) is 27.8. The predicted octanol–water partition coefficient (Wildman–Crippen LogP) is 11.1. The van der Waals surface area contributed by atoms with E-state index in [0.29, 0.717) is 58.2 Å². The summed E-state index contributed by atoms with van der Waals surface area (Å²) in [5, 5.41) is 12.4. The molecule has 2 aromatic rings. The molecule has 0 spiro atoms. The second kappa shape index (κ2) is 29.2. The van der Waals surface area contributed by atoms with Gasteiger partial charge in [-0.2, -0.15) is 21.6 Å². The second-order valence-corrected chi connectivity index (χ2v) is 31.0. The monoisotopic (exact) mass is 1340 g/mol. The van der Waals surface area contributed by atoms with Crippen molar-refractivity contribution in [3.05, 3.63) is 73.0 Å². The van der Waals surface area contributed by atoms with Gasteiger partial charge in [0, 0.05) is 45.7 Å². The quantitative estimate of drug-likeness (QED) is 0.0294. The minimum Gasteiger partial charge on any atom is -0.465 e. The van der Waals surface area contributed by atoms with Gasteiger partial charge in [0.1, 0.15) is 22.7 Å². The molecule has 20 heteroatoms. The summed E-state index contributed by atoms with van der Waals surface area (Å²) >= 11 is 0. The molecule has 0 unspecified atom stereocenters. The van der Waals surface area contributed by atoms with E-state index < -0.39 is 63.8 Å². The Morgan fingerprint density at radius 2 is 1.11 bits per heavy atom. The van der Waals surface area contributed by atoms with Gasteiger partial charge in [-0.25, -0.2) is 0 Å². The van der Waals surface area contributed by atoms with Crippen LogP contribution >= 0.6 is 0 Å². The van der Waals surface area contributed by atoms with Gasteiger partial charge < -0.3 is 42.1 Å². The fourth-order valence-corrected chi connectivity index (χ4v) is 16.2. The number of hydrogen-bond donors (Lipinski definition) is 1. The summed E-state index contributed by atoms with van der Waals surface area (Å²) in [6.45, 7) is 27.1. The molecule has 6 rings (SSSR count). The average Bonchev–Trinajstić information content (AvgIpc) is 3.91. The molecule has 80 heavy (non-hydrogen) atoms. The molecule has 0 amide bonds. The Labute approximate surface area is 491 Å². The fraction of sp³-hybridized carbons (Fsp3) is 0.717. The van der Waals surface area contributed by atoms with Gasteiger partial charge in [-0.15, -0.1) is 0 Å². The number of ketones is 1. The predicted molar refractivity (Wildman–Crippen MR) is 300 cm³/mol. The number of aliphatic hydroxyl groups is 1. The molecule has 14 nitrogen and oxygen atoms in total. The molecule has 4 fully saturated rings. The van der Waals surface area contributed by atoms with Crippen molar-refractivity contribution >= 4 is 46.5 Å². The molecule has 0 radical (unpaired) electrons. The van der Waals surface area contributed by atoms with Crippen LogP contribution in [-0.2, 0) is 82.6 Å². The molecule has 1 N–H and O–H groups in total. The summed E-state index contributed by atoms with van der Waals surface area (Å²) in [7, 11) is -8.58. The number of aliphatic hydroxyl groups excluding tert-OH is 1. The zero-order valence-electron chi connectivity index (χ0n) is 48.6. The van der Waals surface area contributed by atoms with Crippen LogP contribution in [0.25, 0.3) is 0 Å². The average molecular weight is 1340 g/mol. The largest absolute Gasteiger partial charge is 0.534 e. The summed E-state index contributed by atoms with van der Waals surface area (Å²) in [4.78, 5) is 36.3. The summed E-state index contributed by atoms with van der Waals surface area (Å²) < 4.78 is 108. The van der Waals surface area contributed by atoms with Gasteiger partial charge in [0.2, 0.25) is 0 Å². The van der Waals surface area contributed by atoms with Crippen molar-refractivity contribution in [2.75, 3.05) is 26.4 Å². The van der Waals surface area contributed by atoms with E-state index in [1.165, 1.54) is 17.3 Å². The van der Waals surface area contributed by atoms with Crippen LogP contribution in [0.15, 0.2) is 73.0 Å².